The van der Waals surface area contributed by atoms with E-state index < -0.39 is 5.97 Å². The highest BCUT2D eigenvalue weighted by Gasteiger charge is 2.59. The minimum atomic E-state index is -0.942. The molecular formula is C31H50O4. The minimum Gasteiger partial charge on any atom is -0.481 e. The lowest BCUT2D eigenvalue weighted by Gasteiger charge is -2.58. The highest BCUT2D eigenvalue weighted by molar-refractivity contribution is 5.76. The Morgan fingerprint density at radius 2 is 1.80 bits per heavy atom. The molecule has 0 radical (unpaired) electrons. The number of rotatable bonds is 9. The molecule has 4 nitrogen and oxygen atoms in total. The van der Waals surface area contributed by atoms with Crippen LogP contribution >= 0.6 is 0 Å². The summed E-state index contributed by atoms with van der Waals surface area (Å²) in [5.41, 5.74) is 2.27. The van der Waals surface area contributed by atoms with Crippen molar-refractivity contribution in [3.05, 3.63) is 11.6 Å². The molecule has 0 saturated heterocycles. The number of hydrogen-bond acceptors (Lipinski definition) is 3. The highest BCUT2D eigenvalue weighted by atomic mass is 16.5. The van der Waals surface area contributed by atoms with Crippen LogP contribution in [0.5, 0.6) is 0 Å². The first-order chi connectivity index (χ1) is 16.5. The maximum atomic E-state index is 12.1. The molecule has 8 atom stereocenters. The lowest BCUT2D eigenvalue weighted by Crippen LogP contribution is -2.51. The fourth-order valence-electron chi connectivity index (χ4n) is 9.21. The lowest BCUT2D eigenvalue weighted by atomic mass is 9.47. The fourth-order valence-corrected chi connectivity index (χ4v) is 9.21. The van der Waals surface area contributed by atoms with Crippen molar-refractivity contribution in [2.75, 3.05) is 0 Å². The van der Waals surface area contributed by atoms with Crippen LogP contribution in [0.1, 0.15) is 118 Å². The molecule has 198 valence electrons. The summed E-state index contributed by atoms with van der Waals surface area (Å²) in [6, 6.07) is 0. The number of esters is 1. The molecule has 0 amide bonds. The summed E-state index contributed by atoms with van der Waals surface area (Å²) in [6.07, 6.45) is 16.0. The number of ether oxygens (including phenoxy) is 1. The van der Waals surface area contributed by atoms with Crippen molar-refractivity contribution in [3.8, 4) is 0 Å². The molecule has 4 heteroatoms. The van der Waals surface area contributed by atoms with Gasteiger partial charge in [-0.05, 0) is 91.3 Å². The van der Waals surface area contributed by atoms with Gasteiger partial charge in [0.15, 0.2) is 0 Å². The summed E-state index contributed by atoms with van der Waals surface area (Å²) in [7, 11) is 0. The number of hydrogen-bond donors (Lipinski definition) is 1. The van der Waals surface area contributed by atoms with E-state index in [2.05, 4.69) is 40.7 Å². The van der Waals surface area contributed by atoms with E-state index >= 15 is 0 Å². The summed E-state index contributed by atoms with van der Waals surface area (Å²) < 4.78 is 5.70. The fraction of sp³-hybridized carbons (Fsp3) is 0.871. The first-order valence-corrected chi connectivity index (χ1v) is 14.7. The maximum absolute atomic E-state index is 12.1. The zero-order valence-electron chi connectivity index (χ0n) is 23.0. The average molecular weight is 487 g/mol. The van der Waals surface area contributed by atoms with Crippen molar-refractivity contribution < 1.29 is 19.4 Å². The quantitative estimate of drug-likeness (QED) is 0.267. The number of carbonyl (C=O) groups excluding carboxylic acids is 1. The smallest absolute Gasteiger partial charge is 0.306 e. The summed E-state index contributed by atoms with van der Waals surface area (Å²) >= 11 is 0. The molecule has 0 heterocycles. The van der Waals surface area contributed by atoms with Crippen LogP contribution in [-0.4, -0.2) is 23.1 Å². The first-order valence-electron chi connectivity index (χ1n) is 14.7. The van der Waals surface area contributed by atoms with E-state index in [0.717, 1.165) is 54.8 Å². The molecule has 4 rings (SSSR count). The van der Waals surface area contributed by atoms with Crippen molar-refractivity contribution in [1.29, 1.82) is 0 Å². The van der Waals surface area contributed by atoms with E-state index in [0.29, 0.717) is 5.41 Å². The van der Waals surface area contributed by atoms with Gasteiger partial charge in [-0.25, -0.2) is 0 Å². The molecule has 4 aliphatic rings. The van der Waals surface area contributed by atoms with Crippen LogP contribution in [0.2, 0.25) is 0 Å². The van der Waals surface area contributed by atoms with Crippen LogP contribution < -0.4 is 0 Å². The van der Waals surface area contributed by atoms with Crippen LogP contribution in [0.15, 0.2) is 11.6 Å². The van der Waals surface area contributed by atoms with Gasteiger partial charge in [-0.15, -0.1) is 0 Å². The van der Waals surface area contributed by atoms with Gasteiger partial charge in [-0.1, -0.05) is 65.5 Å². The summed E-state index contributed by atoms with van der Waals surface area (Å²) in [6.45, 7) is 12.4. The first kappa shape index (κ1) is 26.7. The van der Waals surface area contributed by atoms with Crippen LogP contribution in [0.3, 0.4) is 0 Å². The molecule has 0 aromatic heterocycles. The Morgan fingerprint density at radius 1 is 1.03 bits per heavy atom. The second-order valence-corrected chi connectivity index (χ2v) is 13.5. The molecule has 0 bridgehead atoms. The van der Waals surface area contributed by atoms with Crippen molar-refractivity contribution >= 4 is 11.9 Å². The summed E-state index contributed by atoms with van der Waals surface area (Å²) in [4.78, 5) is 22.9. The van der Waals surface area contributed by atoms with Crippen LogP contribution in [0.4, 0.5) is 0 Å². The number of aliphatic carboxylic acids is 1. The van der Waals surface area contributed by atoms with E-state index in [4.69, 9.17) is 9.84 Å². The lowest BCUT2D eigenvalue weighted by molar-refractivity contribution is -0.154. The molecule has 0 aliphatic heterocycles. The van der Waals surface area contributed by atoms with Gasteiger partial charge in [-0.3, -0.25) is 9.59 Å². The van der Waals surface area contributed by atoms with Gasteiger partial charge in [0.2, 0.25) is 0 Å². The monoisotopic (exact) mass is 486 g/mol. The van der Waals surface area contributed by atoms with Crippen molar-refractivity contribution in [3.63, 3.8) is 0 Å². The number of fused-ring (bicyclic) bond motifs is 5. The van der Waals surface area contributed by atoms with Crippen molar-refractivity contribution in [2.45, 2.75) is 124 Å². The Hall–Kier alpha value is -1.32. The molecule has 0 spiro atoms. The van der Waals surface area contributed by atoms with E-state index in [-0.39, 0.29) is 30.3 Å². The van der Waals surface area contributed by atoms with E-state index in [1.165, 1.54) is 56.9 Å². The third kappa shape index (κ3) is 5.37. The van der Waals surface area contributed by atoms with Gasteiger partial charge in [0.05, 0.1) is 12.8 Å². The summed E-state index contributed by atoms with van der Waals surface area (Å²) in [5.74, 6) is 3.68. The van der Waals surface area contributed by atoms with Crippen LogP contribution in [0.25, 0.3) is 0 Å². The van der Waals surface area contributed by atoms with Crippen molar-refractivity contribution in [1.82, 2.24) is 0 Å². The molecule has 3 fully saturated rings. The number of carboxylic acids is 1. The van der Waals surface area contributed by atoms with E-state index in [1.54, 1.807) is 0 Å². The van der Waals surface area contributed by atoms with Gasteiger partial charge in [-0.2, -0.15) is 0 Å². The third-order valence-electron chi connectivity index (χ3n) is 11.1. The zero-order chi connectivity index (χ0) is 25.4. The maximum Gasteiger partial charge on any atom is 0.306 e. The summed E-state index contributed by atoms with van der Waals surface area (Å²) in [5, 5.41) is 8.84. The highest BCUT2D eigenvalue weighted by Crippen LogP contribution is 2.67. The molecular weight excluding hydrogens is 436 g/mol. The molecule has 0 aromatic rings. The van der Waals surface area contributed by atoms with Crippen LogP contribution in [0, 0.1) is 46.3 Å². The largest absolute Gasteiger partial charge is 0.481 e. The van der Waals surface area contributed by atoms with Gasteiger partial charge < -0.3 is 9.84 Å². The van der Waals surface area contributed by atoms with E-state index in [1.807, 2.05) is 0 Å². The van der Waals surface area contributed by atoms with E-state index in [9.17, 15) is 9.59 Å². The Morgan fingerprint density at radius 3 is 2.51 bits per heavy atom. The average Bonchev–Trinajstić information content (AvgIpc) is 3.15. The SMILES string of the molecule is CC(C)CCC[C@@H](C)C1CCC2[C@@H]3CC=C4C[C@@H](OC(=O)CCC(=O)O)CC[C@]4(C)C3CC[C@@]21C. The van der Waals surface area contributed by atoms with Gasteiger partial charge in [0.25, 0.3) is 0 Å². The van der Waals surface area contributed by atoms with Gasteiger partial charge in [0.1, 0.15) is 6.10 Å². The van der Waals surface area contributed by atoms with Gasteiger partial charge in [0, 0.05) is 6.42 Å². The topological polar surface area (TPSA) is 63.6 Å². The molecule has 0 aromatic carbocycles. The van der Waals surface area contributed by atoms with Gasteiger partial charge >= 0.3 is 11.9 Å². The van der Waals surface area contributed by atoms with Crippen LogP contribution in [-0.2, 0) is 14.3 Å². The molecule has 35 heavy (non-hydrogen) atoms. The number of carbonyl (C=O) groups is 2. The zero-order valence-corrected chi connectivity index (χ0v) is 23.0. The Bertz CT molecular complexity index is 815. The molecule has 1 N–H and O–H groups in total. The third-order valence-corrected chi connectivity index (χ3v) is 11.1. The second kappa shape index (κ2) is 10.6. The predicted molar refractivity (Wildman–Crippen MR) is 140 cm³/mol. The minimum absolute atomic E-state index is 0.0236. The Balaban J connectivity index is 1.40. The predicted octanol–water partition coefficient (Wildman–Crippen LogP) is 7.80. The number of allylic oxidation sites excluding steroid dienone is 1. The molecule has 3 unspecified atom stereocenters. The Labute approximate surface area is 213 Å². The molecule has 3 saturated carbocycles. The normalized spacial score (nSPS) is 39.3. The standard InChI is InChI=1S/C31H50O4/c1-20(2)7-6-8-21(3)25-11-12-26-24-10-9-22-19-23(35-29(34)14-13-28(32)33)15-17-30(22,4)27(24)16-18-31(25,26)5/h9,20-21,23-27H,6-8,10-19H2,1-5H3,(H,32,33)/t21-,23+,24+,25?,26?,27?,30+,31-/m1/s1. The Kier molecular flexibility index (Phi) is 8.08. The number of carboxylic acid groups (broad SMARTS) is 1. The molecule has 4 aliphatic carbocycles. The second-order valence-electron chi connectivity index (χ2n) is 13.5. The van der Waals surface area contributed by atoms with Crippen molar-refractivity contribution in [2.24, 2.45) is 46.3 Å².